The number of ether oxygens (including phenoxy) is 1. The second-order valence-corrected chi connectivity index (χ2v) is 12.0. The van der Waals surface area contributed by atoms with Crippen LogP contribution in [0.4, 0.5) is 0 Å². The van der Waals surface area contributed by atoms with Crippen molar-refractivity contribution in [2.75, 3.05) is 6.61 Å². The van der Waals surface area contributed by atoms with Crippen LogP contribution in [0, 0.1) is 6.92 Å². The summed E-state index contributed by atoms with van der Waals surface area (Å²) in [5.41, 5.74) is 4.67. The molecule has 0 N–H and O–H groups in total. The fourth-order valence-corrected chi connectivity index (χ4v) is 7.07. The zero-order valence-electron chi connectivity index (χ0n) is 22.0. The first-order valence-electron chi connectivity index (χ1n) is 13.1. The first-order valence-corrected chi connectivity index (χ1v) is 14.7. The summed E-state index contributed by atoms with van der Waals surface area (Å²) in [6, 6.07) is 25.7. The molecule has 3 aromatic carbocycles. The van der Waals surface area contributed by atoms with Gasteiger partial charge in [0, 0.05) is 23.6 Å². The fraction of sp³-hybridized carbons (Fsp3) is 0.250. The van der Waals surface area contributed by atoms with E-state index in [1.807, 2.05) is 73.7 Å². The van der Waals surface area contributed by atoms with Gasteiger partial charge in [-0.3, -0.25) is 4.79 Å². The summed E-state index contributed by atoms with van der Waals surface area (Å²) in [5, 5.41) is -1.31. The van der Waals surface area contributed by atoms with E-state index < -0.39 is 32.9 Å². The molecule has 5 rings (SSSR count). The maximum Gasteiger partial charge on any atom is 0.334 e. The summed E-state index contributed by atoms with van der Waals surface area (Å²) in [5.74, 6) is -1.39. The number of sulfone groups is 1. The molecule has 0 spiro atoms. The van der Waals surface area contributed by atoms with E-state index in [1.165, 1.54) is 0 Å². The number of carbonyl (C=O) groups is 2. The minimum absolute atomic E-state index is 0.00592. The molecule has 0 fully saturated rings. The first kappa shape index (κ1) is 26.6. The van der Waals surface area contributed by atoms with Crippen molar-refractivity contribution in [1.29, 1.82) is 0 Å². The lowest BCUT2D eigenvalue weighted by molar-refractivity contribution is -0.138. The number of aryl methyl sites for hydroxylation is 1. The number of allylic oxidation sites excluding steroid dienone is 2. The van der Waals surface area contributed by atoms with Crippen LogP contribution in [0.1, 0.15) is 42.4 Å². The highest BCUT2D eigenvalue weighted by Crippen LogP contribution is 2.46. The van der Waals surface area contributed by atoms with Crippen molar-refractivity contribution < 1.29 is 22.7 Å². The molecule has 1 aliphatic heterocycles. The lowest BCUT2D eigenvalue weighted by Gasteiger charge is -2.41. The zero-order chi connectivity index (χ0) is 27.6. The quantitative estimate of drug-likeness (QED) is 0.369. The van der Waals surface area contributed by atoms with Crippen LogP contribution in [-0.4, -0.2) is 37.1 Å². The van der Waals surface area contributed by atoms with E-state index in [2.05, 4.69) is 0 Å². The summed E-state index contributed by atoms with van der Waals surface area (Å²) in [7, 11) is -4.02. The van der Waals surface area contributed by atoms with Gasteiger partial charge in [0.2, 0.25) is 5.91 Å². The van der Waals surface area contributed by atoms with Gasteiger partial charge in [0.1, 0.15) is 5.25 Å². The van der Waals surface area contributed by atoms with Crippen LogP contribution in [0.2, 0.25) is 0 Å². The van der Waals surface area contributed by atoms with Gasteiger partial charge in [-0.25, -0.2) is 13.2 Å². The third kappa shape index (κ3) is 5.19. The molecule has 0 radical (unpaired) electrons. The van der Waals surface area contributed by atoms with Crippen LogP contribution in [0.5, 0.6) is 0 Å². The van der Waals surface area contributed by atoms with Gasteiger partial charge in [0.25, 0.3) is 0 Å². The van der Waals surface area contributed by atoms with Crippen molar-refractivity contribution in [3.8, 4) is 0 Å². The monoisotopic (exact) mass is 541 g/mol. The smallest absolute Gasteiger partial charge is 0.334 e. The van der Waals surface area contributed by atoms with E-state index >= 15 is 0 Å². The molecule has 0 saturated carbocycles. The predicted molar refractivity (Wildman–Crippen MR) is 149 cm³/mol. The molecule has 1 amide bonds. The predicted octanol–water partition coefficient (Wildman–Crippen LogP) is 5.50. The minimum atomic E-state index is -4.02. The molecule has 2 aliphatic rings. The number of nitrogens with zero attached hydrogens (tertiary/aromatic N) is 1. The number of benzene rings is 3. The van der Waals surface area contributed by atoms with Gasteiger partial charge in [0.05, 0.1) is 18.0 Å². The molecule has 200 valence electrons. The summed E-state index contributed by atoms with van der Waals surface area (Å²) in [6.07, 6.45) is 2.17. The number of hydrogen-bond donors (Lipinski definition) is 0. The number of carbonyl (C=O) groups excluding carboxylic acids is 2. The minimum Gasteiger partial charge on any atom is -0.463 e. The number of rotatable bonds is 7. The highest BCUT2D eigenvalue weighted by molar-refractivity contribution is 7.92. The van der Waals surface area contributed by atoms with Crippen molar-refractivity contribution in [1.82, 2.24) is 4.90 Å². The summed E-state index contributed by atoms with van der Waals surface area (Å²) < 4.78 is 33.3. The molecule has 2 atom stereocenters. The Hall–Kier alpha value is -3.97. The summed E-state index contributed by atoms with van der Waals surface area (Å²) in [6.45, 7) is 4.11. The molecular formula is C32H31NO5S. The second kappa shape index (κ2) is 11.0. The Bertz CT molecular complexity index is 1540. The van der Waals surface area contributed by atoms with Crippen molar-refractivity contribution in [3.63, 3.8) is 0 Å². The van der Waals surface area contributed by atoms with E-state index in [1.54, 1.807) is 36.1 Å². The van der Waals surface area contributed by atoms with Crippen LogP contribution < -0.4 is 0 Å². The van der Waals surface area contributed by atoms with Gasteiger partial charge in [-0.05, 0) is 49.1 Å². The van der Waals surface area contributed by atoms with E-state index in [9.17, 15) is 18.0 Å². The van der Waals surface area contributed by atoms with Crippen molar-refractivity contribution in [3.05, 3.63) is 125 Å². The maximum atomic E-state index is 14.0. The van der Waals surface area contributed by atoms with Gasteiger partial charge in [0.15, 0.2) is 9.84 Å². The highest BCUT2D eigenvalue weighted by atomic mass is 32.2. The largest absolute Gasteiger partial charge is 0.463 e. The van der Waals surface area contributed by atoms with Crippen LogP contribution >= 0.6 is 0 Å². The SMILES string of the molecule is CCOC(=O)C1=CCC2=C(CC(S(=O)(=O)c3ccc(C)cc3)C(=O)N2Cc2ccccc2)C1c1ccccc1. The summed E-state index contributed by atoms with van der Waals surface area (Å²) in [4.78, 5) is 28.9. The van der Waals surface area contributed by atoms with Gasteiger partial charge in [-0.1, -0.05) is 84.4 Å². The zero-order valence-corrected chi connectivity index (χ0v) is 22.9. The third-order valence-corrected chi connectivity index (χ3v) is 9.42. The molecule has 0 bridgehead atoms. The number of hydrogen-bond acceptors (Lipinski definition) is 5. The van der Waals surface area contributed by atoms with Crippen LogP contribution in [-0.2, 0) is 30.7 Å². The molecule has 1 heterocycles. The lowest BCUT2D eigenvalue weighted by Crippen LogP contribution is -2.47. The Balaban J connectivity index is 1.66. The van der Waals surface area contributed by atoms with E-state index in [4.69, 9.17) is 4.74 Å². The fourth-order valence-electron chi connectivity index (χ4n) is 5.44. The molecule has 1 aliphatic carbocycles. The van der Waals surface area contributed by atoms with E-state index in [0.29, 0.717) is 12.0 Å². The van der Waals surface area contributed by atoms with Gasteiger partial charge >= 0.3 is 5.97 Å². The maximum absolute atomic E-state index is 14.0. The first-order chi connectivity index (χ1) is 18.8. The highest BCUT2D eigenvalue weighted by Gasteiger charge is 2.46. The standard InChI is InChI=1S/C32H31NO5S/c1-3-38-32(35)26-18-19-28-27(30(26)24-12-8-5-9-13-24)20-29(39(36,37)25-16-14-22(2)15-17-25)31(34)33(28)21-23-10-6-4-7-11-23/h4-18,29-30H,3,19-21H2,1-2H3. The third-order valence-electron chi connectivity index (χ3n) is 7.37. The van der Waals surface area contributed by atoms with Crippen molar-refractivity contribution in [2.24, 2.45) is 0 Å². The molecule has 39 heavy (non-hydrogen) atoms. The molecule has 0 aromatic heterocycles. The molecule has 6 nitrogen and oxygen atoms in total. The molecule has 2 unspecified atom stereocenters. The van der Waals surface area contributed by atoms with E-state index in [-0.39, 0.29) is 24.5 Å². The van der Waals surface area contributed by atoms with Crippen LogP contribution in [0.25, 0.3) is 0 Å². The van der Waals surface area contributed by atoms with Crippen molar-refractivity contribution >= 4 is 21.7 Å². The normalized spacial score (nSPS) is 19.4. The molecular weight excluding hydrogens is 510 g/mol. The van der Waals surface area contributed by atoms with Crippen molar-refractivity contribution in [2.45, 2.75) is 49.3 Å². The molecule has 7 heteroatoms. The topological polar surface area (TPSA) is 80.8 Å². The Kier molecular flexibility index (Phi) is 7.53. The summed E-state index contributed by atoms with van der Waals surface area (Å²) >= 11 is 0. The average Bonchev–Trinajstić information content (AvgIpc) is 2.95. The Morgan fingerprint density at radius 3 is 2.23 bits per heavy atom. The molecule has 3 aromatic rings. The van der Waals surface area contributed by atoms with Crippen LogP contribution in [0.15, 0.2) is 113 Å². The number of esters is 1. The average molecular weight is 542 g/mol. The van der Waals surface area contributed by atoms with Gasteiger partial charge < -0.3 is 9.64 Å². The van der Waals surface area contributed by atoms with E-state index in [0.717, 1.165) is 28.0 Å². The lowest BCUT2D eigenvalue weighted by atomic mass is 9.76. The van der Waals surface area contributed by atoms with Crippen LogP contribution in [0.3, 0.4) is 0 Å². The molecule has 0 saturated heterocycles. The van der Waals surface area contributed by atoms with Gasteiger partial charge in [-0.15, -0.1) is 0 Å². The van der Waals surface area contributed by atoms with Gasteiger partial charge in [-0.2, -0.15) is 0 Å². The Labute approximate surface area is 229 Å². The Morgan fingerprint density at radius 2 is 1.59 bits per heavy atom. The Morgan fingerprint density at radius 1 is 0.949 bits per heavy atom. The second-order valence-electron chi connectivity index (χ2n) is 9.86. The number of amides is 1.